The molecule has 156 valence electrons. The summed E-state index contributed by atoms with van der Waals surface area (Å²) in [6.45, 7) is 1.25. The van der Waals surface area contributed by atoms with Crippen molar-refractivity contribution in [2.75, 3.05) is 38.7 Å². The van der Waals surface area contributed by atoms with Crippen LogP contribution in [0.4, 0.5) is 5.69 Å². The van der Waals surface area contributed by atoms with Gasteiger partial charge in [-0.15, -0.1) is 0 Å². The number of nitrogens with zero attached hydrogens (tertiary/aromatic N) is 1. The Morgan fingerprint density at radius 2 is 1.93 bits per heavy atom. The SMILES string of the molecule is COc1ccc(NC(=O)CCc2ccccc2Cl)cc1S(=O)(=O)N1CCOCC1. The second-order valence-electron chi connectivity index (χ2n) is 6.52. The van der Waals surface area contributed by atoms with Gasteiger partial charge < -0.3 is 14.8 Å². The maximum absolute atomic E-state index is 13.0. The number of methoxy groups -OCH3 is 1. The minimum atomic E-state index is -3.76. The maximum Gasteiger partial charge on any atom is 0.246 e. The van der Waals surface area contributed by atoms with Gasteiger partial charge in [0, 0.05) is 30.2 Å². The number of amides is 1. The number of sulfonamides is 1. The topological polar surface area (TPSA) is 84.9 Å². The third-order valence-electron chi connectivity index (χ3n) is 4.61. The minimum Gasteiger partial charge on any atom is -0.495 e. The molecule has 9 heteroatoms. The summed E-state index contributed by atoms with van der Waals surface area (Å²) in [6.07, 6.45) is 0.710. The number of carbonyl (C=O) groups excluding carboxylic acids is 1. The van der Waals surface area contributed by atoms with Crippen molar-refractivity contribution in [2.24, 2.45) is 0 Å². The number of halogens is 1. The number of hydrogen-bond donors (Lipinski definition) is 1. The Bertz CT molecular complexity index is 975. The standard InChI is InChI=1S/C20H23ClN2O5S/c1-27-18-8-7-16(14-19(18)29(25,26)23-10-12-28-13-11-23)22-20(24)9-6-15-4-2-3-5-17(15)21/h2-5,7-8,14H,6,9-13H2,1H3,(H,22,24). The molecule has 2 aromatic carbocycles. The van der Waals surface area contributed by atoms with E-state index in [1.54, 1.807) is 12.1 Å². The highest BCUT2D eigenvalue weighted by Crippen LogP contribution is 2.30. The number of nitrogens with one attached hydrogen (secondary N) is 1. The molecule has 0 aromatic heterocycles. The molecule has 1 aliphatic rings. The molecule has 7 nitrogen and oxygen atoms in total. The fourth-order valence-corrected chi connectivity index (χ4v) is 4.87. The third kappa shape index (κ3) is 5.27. The summed E-state index contributed by atoms with van der Waals surface area (Å²) in [5.74, 6) is -0.00429. The van der Waals surface area contributed by atoms with Crippen molar-refractivity contribution in [1.29, 1.82) is 0 Å². The molecule has 2 aromatic rings. The van der Waals surface area contributed by atoms with Crippen LogP contribution in [0.25, 0.3) is 0 Å². The molecule has 0 spiro atoms. The summed E-state index contributed by atoms with van der Waals surface area (Å²) in [5, 5.41) is 3.37. The van der Waals surface area contributed by atoms with E-state index in [4.69, 9.17) is 21.1 Å². The van der Waals surface area contributed by atoms with Crippen molar-refractivity contribution < 1.29 is 22.7 Å². The lowest BCUT2D eigenvalue weighted by atomic mass is 10.1. The second kappa shape index (κ2) is 9.58. The Labute approximate surface area is 175 Å². The molecule has 1 heterocycles. The van der Waals surface area contributed by atoms with E-state index in [0.717, 1.165) is 5.56 Å². The van der Waals surface area contributed by atoms with Gasteiger partial charge in [-0.3, -0.25) is 4.79 Å². The maximum atomic E-state index is 13.0. The lowest BCUT2D eigenvalue weighted by Gasteiger charge is -2.26. The van der Waals surface area contributed by atoms with Gasteiger partial charge in [0.15, 0.2) is 0 Å². The number of ether oxygens (including phenoxy) is 2. The zero-order valence-corrected chi connectivity index (χ0v) is 17.6. The van der Waals surface area contributed by atoms with Crippen LogP contribution in [0.3, 0.4) is 0 Å². The lowest BCUT2D eigenvalue weighted by molar-refractivity contribution is -0.116. The quantitative estimate of drug-likeness (QED) is 0.718. The van der Waals surface area contributed by atoms with Crippen LogP contribution in [0.1, 0.15) is 12.0 Å². The molecule has 3 rings (SSSR count). The van der Waals surface area contributed by atoms with E-state index < -0.39 is 10.0 Å². The first-order valence-corrected chi connectivity index (χ1v) is 11.0. The number of rotatable bonds is 7. The molecule has 1 saturated heterocycles. The number of anilines is 1. The molecule has 0 saturated carbocycles. The zero-order chi connectivity index (χ0) is 20.9. The van der Waals surface area contributed by atoms with E-state index in [-0.39, 0.29) is 36.1 Å². The number of aryl methyl sites for hydroxylation is 1. The molecule has 1 fully saturated rings. The first-order valence-electron chi connectivity index (χ1n) is 9.21. The lowest BCUT2D eigenvalue weighted by Crippen LogP contribution is -2.40. The van der Waals surface area contributed by atoms with Gasteiger partial charge in [-0.05, 0) is 36.2 Å². The first-order chi connectivity index (χ1) is 13.9. The first kappa shape index (κ1) is 21.6. The van der Waals surface area contributed by atoms with Crippen LogP contribution < -0.4 is 10.1 Å². The van der Waals surface area contributed by atoms with E-state index in [9.17, 15) is 13.2 Å². The second-order valence-corrected chi connectivity index (χ2v) is 8.84. The summed E-state index contributed by atoms with van der Waals surface area (Å²) in [4.78, 5) is 12.4. The molecule has 29 heavy (non-hydrogen) atoms. The Kier molecular flexibility index (Phi) is 7.13. The van der Waals surface area contributed by atoms with E-state index in [0.29, 0.717) is 30.3 Å². The Morgan fingerprint density at radius 1 is 1.21 bits per heavy atom. The smallest absolute Gasteiger partial charge is 0.246 e. The predicted octanol–water partition coefficient (Wildman–Crippen LogP) is 2.94. The van der Waals surface area contributed by atoms with Crippen LogP contribution in [-0.2, 0) is 26.0 Å². The molecule has 0 radical (unpaired) electrons. The van der Waals surface area contributed by atoms with Crippen LogP contribution in [0.5, 0.6) is 5.75 Å². The van der Waals surface area contributed by atoms with Gasteiger partial charge in [-0.25, -0.2) is 8.42 Å². The van der Waals surface area contributed by atoms with Crippen LogP contribution in [0.2, 0.25) is 5.02 Å². The molecule has 0 unspecified atom stereocenters. The van der Waals surface area contributed by atoms with E-state index >= 15 is 0 Å². The Hall–Kier alpha value is -2.13. The fraction of sp³-hybridized carbons (Fsp3) is 0.350. The van der Waals surface area contributed by atoms with Gasteiger partial charge in [0.1, 0.15) is 10.6 Å². The molecule has 0 aliphatic carbocycles. The minimum absolute atomic E-state index is 0.0193. The average Bonchev–Trinajstić information content (AvgIpc) is 2.74. The van der Waals surface area contributed by atoms with Crippen molar-refractivity contribution in [3.8, 4) is 5.75 Å². The molecular formula is C20H23ClN2O5S. The van der Waals surface area contributed by atoms with Crippen LogP contribution in [-0.4, -0.2) is 52.0 Å². The average molecular weight is 439 g/mol. The highest BCUT2D eigenvalue weighted by atomic mass is 35.5. The van der Waals surface area contributed by atoms with E-state index in [1.807, 2.05) is 18.2 Å². The Morgan fingerprint density at radius 3 is 2.62 bits per heavy atom. The number of hydrogen-bond acceptors (Lipinski definition) is 5. The number of benzene rings is 2. The third-order valence-corrected chi connectivity index (χ3v) is 6.90. The van der Waals surface area contributed by atoms with Gasteiger partial charge in [-0.2, -0.15) is 4.31 Å². The van der Waals surface area contributed by atoms with Crippen molar-refractivity contribution >= 4 is 33.2 Å². The number of carbonyl (C=O) groups is 1. The molecule has 0 atom stereocenters. The zero-order valence-electron chi connectivity index (χ0n) is 16.1. The fourth-order valence-electron chi connectivity index (χ4n) is 3.05. The van der Waals surface area contributed by atoms with Gasteiger partial charge >= 0.3 is 0 Å². The summed E-state index contributed by atoms with van der Waals surface area (Å²) in [6, 6.07) is 11.9. The summed E-state index contributed by atoms with van der Waals surface area (Å²) >= 11 is 6.12. The van der Waals surface area contributed by atoms with Gasteiger partial charge in [0.05, 0.1) is 20.3 Å². The highest BCUT2D eigenvalue weighted by Gasteiger charge is 2.29. The van der Waals surface area contributed by atoms with Crippen molar-refractivity contribution in [3.63, 3.8) is 0 Å². The van der Waals surface area contributed by atoms with Gasteiger partial charge in [0.25, 0.3) is 0 Å². The van der Waals surface area contributed by atoms with Gasteiger partial charge in [0.2, 0.25) is 15.9 Å². The van der Waals surface area contributed by atoms with Crippen molar-refractivity contribution in [2.45, 2.75) is 17.7 Å². The summed E-state index contributed by atoms with van der Waals surface area (Å²) in [5.41, 5.74) is 1.27. The normalized spacial score (nSPS) is 15.1. The molecule has 1 amide bonds. The summed E-state index contributed by atoms with van der Waals surface area (Å²) < 4.78 is 37.9. The van der Waals surface area contributed by atoms with E-state index in [2.05, 4.69) is 5.32 Å². The highest BCUT2D eigenvalue weighted by molar-refractivity contribution is 7.89. The van der Waals surface area contributed by atoms with Crippen molar-refractivity contribution in [3.05, 3.63) is 53.1 Å². The molecular weight excluding hydrogens is 416 g/mol. The molecule has 1 N–H and O–H groups in total. The van der Waals surface area contributed by atoms with Crippen LogP contribution in [0.15, 0.2) is 47.4 Å². The monoisotopic (exact) mass is 438 g/mol. The molecule has 1 aliphatic heterocycles. The van der Waals surface area contributed by atoms with E-state index in [1.165, 1.54) is 23.5 Å². The largest absolute Gasteiger partial charge is 0.495 e. The van der Waals surface area contributed by atoms with Crippen molar-refractivity contribution in [1.82, 2.24) is 4.31 Å². The predicted molar refractivity (Wildman–Crippen MR) is 111 cm³/mol. The van der Waals surface area contributed by atoms with Gasteiger partial charge in [-0.1, -0.05) is 29.8 Å². The van der Waals surface area contributed by atoms with Crippen LogP contribution in [0, 0.1) is 0 Å². The summed E-state index contributed by atoms with van der Waals surface area (Å²) in [7, 11) is -2.35. The molecule has 0 bridgehead atoms. The Balaban J connectivity index is 1.74. The van der Waals surface area contributed by atoms with Crippen LogP contribution >= 0.6 is 11.6 Å². The number of morpholine rings is 1.